The minimum absolute atomic E-state index is 0.419. The van der Waals surface area contributed by atoms with Gasteiger partial charge in [0.15, 0.2) is 11.5 Å². The Morgan fingerprint density at radius 3 is 1.48 bits per heavy atom. The Morgan fingerprint density at radius 1 is 0.515 bits per heavy atom. The molecule has 1 rings (SSSR count). The summed E-state index contributed by atoms with van der Waals surface area (Å²) in [5.74, 6) is 1.26. The predicted octanol–water partition coefficient (Wildman–Crippen LogP) is 5.25. The maximum atomic E-state index is 5.90. The average Bonchev–Trinajstić information content (AvgIpc) is 2.82. The van der Waals surface area contributed by atoms with Crippen molar-refractivity contribution in [3.8, 4) is 11.5 Å². The molecule has 0 amide bonds. The molecule has 192 valence electrons. The van der Waals surface area contributed by atoms with E-state index in [1.165, 1.54) is 38.5 Å². The molecule has 0 heterocycles. The zero-order chi connectivity index (χ0) is 23.8. The van der Waals surface area contributed by atoms with Gasteiger partial charge in [0.1, 0.15) is 13.2 Å². The second-order valence-electron chi connectivity index (χ2n) is 7.97. The van der Waals surface area contributed by atoms with Crippen molar-refractivity contribution >= 4 is 5.69 Å². The molecule has 0 atom stereocenters. The fourth-order valence-electron chi connectivity index (χ4n) is 3.08. The number of nitrogen functional groups attached to an aromatic ring is 1. The maximum absolute atomic E-state index is 5.90. The summed E-state index contributed by atoms with van der Waals surface area (Å²) in [4.78, 5) is 0. The molecule has 0 radical (unpaired) electrons. The van der Waals surface area contributed by atoms with Crippen LogP contribution in [-0.2, 0) is 18.9 Å². The summed E-state index contributed by atoms with van der Waals surface area (Å²) in [6.45, 7) is 10.2. The lowest BCUT2D eigenvalue weighted by Crippen LogP contribution is -2.13. The van der Waals surface area contributed by atoms with Gasteiger partial charge in [-0.15, -0.1) is 0 Å². The van der Waals surface area contributed by atoms with Crippen LogP contribution < -0.4 is 15.2 Å². The highest BCUT2D eigenvalue weighted by atomic mass is 16.6. The predicted molar refractivity (Wildman–Crippen MR) is 133 cm³/mol. The first-order chi connectivity index (χ1) is 16.3. The molecular weight excluding hydrogens is 422 g/mol. The molecule has 1 aromatic carbocycles. The molecule has 7 heteroatoms. The van der Waals surface area contributed by atoms with Crippen molar-refractivity contribution in [1.29, 1.82) is 0 Å². The summed E-state index contributed by atoms with van der Waals surface area (Å²) in [6, 6.07) is 5.38. The van der Waals surface area contributed by atoms with E-state index >= 15 is 0 Å². The van der Waals surface area contributed by atoms with Crippen molar-refractivity contribution in [2.24, 2.45) is 0 Å². The SMILES string of the molecule is CCCCCCOCCOCCOc1ccc(N)cc1OCCOCCOCCCCCC. The Bertz CT molecular complexity index is 558. The lowest BCUT2D eigenvalue weighted by Gasteiger charge is -2.14. The average molecular weight is 470 g/mol. The summed E-state index contributed by atoms with van der Waals surface area (Å²) in [5, 5.41) is 0. The van der Waals surface area contributed by atoms with Gasteiger partial charge >= 0.3 is 0 Å². The minimum atomic E-state index is 0.419. The van der Waals surface area contributed by atoms with Gasteiger partial charge in [0.05, 0.1) is 39.6 Å². The smallest absolute Gasteiger partial charge is 0.163 e. The van der Waals surface area contributed by atoms with Gasteiger partial charge in [-0.05, 0) is 25.0 Å². The van der Waals surface area contributed by atoms with E-state index in [1.807, 2.05) is 6.07 Å². The molecule has 0 aromatic heterocycles. The number of benzene rings is 1. The van der Waals surface area contributed by atoms with Gasteiger partial charge in [0, 0.05) is 25.0 Å². The lowest BCUT2D eigenvalue weighted by atomic mass is 10.2. The third kappa shape index (κ3) is 17.6. The highest BCUT2D eigenvalue weighted by Crippen LogP contribution is 2.29. The molecule has 2 N–H and O–H groups in total. The Kier molecular flexibility index (Phi) is 19.9. The van der Waals surface area contributed by atoms with Gasteiger partial charge in [-0.1, -0.05) is 52.4 Å². The third-order valence-electron chi connectivity index (χ3n) is 4.97. The number of rotatable bonds is 24. The molecule has 1 aromatic rings. The number of nitrogens with two attached hydrogens (primary N) is 1. The van der Waals surface area contributed by atoms with Gasteiger partial charge in [0.2, 0.25) is 0 Å². The molecule has 0 aliphatic rings. The standard InChI is InChI=1S/C26H47NO6/c1-3-5-7-9-13-28-15-17-30-19-21-32-25-12-11-24(27)23-26(25)33-22-20-31-18-16-29-14-10-8-6-4-2/h11-12,23H,3-10,13-22,27H2,1-2H3. The fourth-order valence-corrected chi connectivity index (χ4v) is 3.08. The van der Waals surface area contributed by atoms with E-state index in [9.17, 15) is 0 Å². The molecule has 0 unspecified atom stereocenters. The molecule has 0 saturated heterocycles. The highest BCUT2D eigenvalue weighted by molar-refractivity contribution is 5.51. The van der Waals surface area contributed by atoms with Crippen LogP contribution in [0.4, 0.5) is 5.69 Å². The first-order valence-electron chi connectivity index (χ1n) is 12.7. The molecule has 0 aliphatic carbocycles. The maximum Gasteiger partial charge on any atom is 0.163 e. The number of anilines is 1. The summed E-state index contributed by atoms with van der Waals surface area (Å²) < 4.78 is 33.9. The van der Waals surface area contributed by atoms with E-state index in [0.717, 1.165) is 26.1 Å². The molecule has 7 nitrogen and oxygen atoms in total. The Labute approximate surface area is 201 Å². The van der Waals surface area contributed by atoms with Crippen LogP contribution in [0.1, 0.15) is 65.2 Å². The van der Waals surface area contributed by atoms with Crippen molar-refractivity contribution in [1.82, 2.24) is 0 Å². The van der Waals surface area contributed by atoms with E-state index in [0.29, 0.717) is 70.0 Å². The fraction of sp³-hybridized carbons (Fsp3) is 0.769. The van der Waals surface area contributed by atoms with Crippen molar-refractivity contribution in [3.05, 3.63) is 18.2 Å². The van der Waals surface area contributed by atoms with Crippen LogP contribution in [0, 0.1) is 0 Å². The van der Waals surface area contributed by atoms with Crippen LogP contribution in [-0.4, -0.2) is 66.1 Å². The van der Waals surface area contributed by atoms with Crippen LogP contribution in [0.2, 0.25) is 0 Å². The molecule has 0 bridgehead atoms. The molecule has 0 saturated carbocycles. The summed E-state index contributed by atoms with van der Waals surface area (Å²) in [6.07, 6.45) is 9.73. The molecule has 0 aliphatic heterocycles. The van der Waals surface area contributed by atoms with Gasteiger partial charge in [0.25, 0.3) is 0 Å². The van der Waals surface area contributed by atoms with E-state index in [-0.39, 0.29) is 0 Å². The first kappa shape index (κ1) is 29.5. The van der Waals surface area contributed by atoms with Gasteiger partial charge in [-0.2, -0.15) is 0 Å². The van der Waals surface area contributed by atoms with E-state index in [2.05, 4.69) is 13.8 Å². The second kappa shape index (κ2) is 22.3. The number of unbranched alkanes of at least 4 members (excludes halogenated alkanes) is 6. The molecule has 33 heavy (non-hydrogen) atoms. The first-order valence-corrected chi connectivity index (χ1v) is 12.7. The second-order valence-corrected chi connectivity index (χ2v) is 7.97. The van der Waals surface area contributed by atoms with Crippen LogP contribution >= 0.6 is 0 Å². The summed E-state index contributed by atoms with van der Waals surface area (Å²) in [5.41, 5.74) is 6.52. The van der Waals surface area contributed by atoms with Crippen LogP contribution in [0.25, 0.3) is 0 Å². The number of hydrogen-bond acceptors (Lipinski definition) is 7. The van der Waals surface area contributed by atoms with E-state index in [4.69, 9.17) is 34.2 Å². The summed E-state index contributed by atoms with van der Waals surface area (Å²) in [7, 11) is 0. The van der Waals surface area contributed by atoms with Gasteiger partial charge in [-0.3, -0.25) is 0 Å². The summed E-state index contributed by atoms with van der Waals surface area (Å²) >= 11 is 0. The van der Waals surface area contributed by atoms with Crippen LogP contribution in [0.15, 0.2) is 18.2 Å². The quantitative estimate of drug-likeness (QED) is 0.163. The normalized spacial score (nSPS) is 11.1. The Hall–Kier alpha value is -1.54. The molecule has 0 fully saturated rings. The van der Waals surface area contributed by atoms with Crippen LogP contribution in [0.3, 0.4) is 0 Å². The number of ether oxygens (including phenoxy) is 6. The zero-order valence-corrected chi connectivity index (χ0v) is 21.0. The topological polar surface area (TPSA) is 81.4 Å². The molecule has 0 spiro atoms. The van der Waals surface area contributed by atoms with Crippen molar-refractivity contribution in [2.75, 3.05) is 71.8 Å². The van der Waals surface area contributed by atoms with Crippen molar-refractivity contribution in [3.63, 3.8) is 0 Å². The van der Waals surface area contributed by atoms with Gasteiger partial charge < -0.3 is 34.2 Å². The minimum Gasteiger partial charge on any atom is -0.487 e. The Morgan fingerprint density at radius 2 is 0.970 bits per heavy atom. The zero-order valence-electron chi connectivity index (χ0n) is 21.0. The lowest BCUT2D eigenvalue weighted by molar-refractivity contribution is 0.0321. The number of hydrogen-bond donors (Lipinski definition) is 1. The Balaban J connectivity index is 2.07. The van der Waals surface area contributed by atoms with Gasteiger partial charge in [-0.25, -0.2) is 0 Å². The van der Waals surface area contributed by atoms with E-state index < -0.39 is 0 Å². The highest BCUT2D eigenvalue weighted by Gasteiger charge is 2.06. The third-order valence-corrected chi connectivity index (χ3v) is 4.97. The molecular formula is C26H47NO6. The van der Waals surface area contributed by atoms with Crippen molar-refractivity contribution in [2.45, 2.75) is 65.2 Å². The largest absolute Gasteiger partial charge is 0.487 e. The van der Waals surface area contributed by atoms with Crippen LogP contribution in [0.5, 0.6) is 11.5 Å². The van der Waals surface area contributed by atoms with Crippen molar-refractivity contribution < 1.29 is 28.4 Å². The monoisotopic (exact) mass is 469 g/mol. The van der Waals surface area contributed by atoms with E-state index in [1.54, 1.807) is 12.1 Å².